The van der Waals surface area contributed by atoms with E-state index in [2.05, 4.69) is 34.1 Å². The number of nitrogens with zero attached hydrogens (tertiary/aromatic N) is 3. The highest BCUT2D eigenvalue weighted by Gasteiger charge is 2.22. The minimum Gasteiger partial charge on any atom is -0.310 e. The third-order valence-electron chi connectivity index (χ3n) is 5.27. The maximum atomic E-state index is 12.6. The van der Waals surface area contributed by atoms with Gasteiger partial charge in [0.2, 0.25) is 0 Å². The minimum absolute atomic E-state index is 0.141. The predicted octanol–water partition coefficient (Wildman–Crippen LogP) is 3.90. The van der Waals surface area contributed by atoms with Crippen molar-refractivity contribution in [2.24, 2.45) is 0 Å². The Hall–Kier alpha value is -2.89. The lowest BCUT2D eigenvalue weighted by molar-refractivity contribution is 0.243. The summed E-state index contributed by atoms with van der Waals surface area (Å²) in [5.74, 6) is 0. The van der Waals surface area contributed by atoms with Crippen LogP contribution in [-0.2, 0) is 19.5 Å². The van der Waals surface area contributed by atoms with E-state index < -0.39 is 0 Å². The lowest BCUT2D eigenvalue weighted by Gasteiger charge is -2.28. The number of aromatic nitrogens is 3. The molecular weight excluding hydrogens is 372 g/mol. The summed E-state index contributed by atoms with van der Waals surface area (Å²) < 4.78 is 1.62. The normalized spacial score (nSPS) is 14.3. The van der Waals surface area contributed by atoms with Crippen molar-refractivity contribution >= 4 is 17.2 Å². The topological polar surface area (TPSA) is 53.4 Å². The summed E-state index contributed by atoms with van der Waals surface area (Å²) in [6.45, 7) is 2.57. The smallest absolute Gasteiger partial charge is 0.310 e. The van der Waals surface area contributed by atoms with Gasteiger partial charge in [-0.1, -0.05) is 54.1 Å². The lowest BCUT2D eigenvalue weighted by atomic mass is 10.1. The fraction of sp³-hybridized carbons (Fsp3) is 0.182. The van der Waals surface area contributed by atoms with E-state index in [9.17, 15) is 4.79 Å². The van der Waals surface area contributed by atoms with Crippen LogP contribution in [0.1, 0.15) is 16.8 Å². The van der Waals surface area contributed by atoms with Gasteiger partial charge in [-0.05, 0) is 17.7 Å². The van der Waals surface area contributed by atoms with Gasteiger partial charge in [0, 0.05) is 54.1 Å². The number of imidazole rings is 1. The van der Waals surface area contributed by atoms with Gasteiger partial charge in [-0.2, -0.15) is 0 Å². The van der Waals surface area contributed by atoms with Gasteiger partial charge >= 0.3 is 5.69 Å². The van der Waals surface area contributed by atoms with Gasteiger partial charge in [0.15, 0.2) is 0 Å². The summed E-state index contributed by atoms with van der Waals surface area (Å²) in [4.78, 5) is 22.8. The SMILES string of the molecule is O=c1[nH]c2c(c3nc(-c4ccc(Cl)cc4)cn13)CN(Cc1ccccc1)CC2. The van der Waals surface area contributed by atoms with E-state index in [1.807, 2.05) is 30.3 Å². The van der Waals surface area contributed by atoms with Crippen molar-refractivity contribution in [1.82, 2.24) is 19.3 Å². The fourth-order valence-corrected chi connectivity index (χ4v) is 3.96. The zero-order valence-corrected chi connectivity index (χ0v) is 16.0. The van der Waals surface area contributed by atoms with Crippen LogP contribution in [0.25, 0.3) is 16.9 Å². The molecule has 0 unspecified atom stereocenters. The van der Waals surface area contributed by atoms with Crippen LogP contribution in [0.4, 0.5) is 0 Å². The molecule has 2 aromatic heterocycles. The van der Waals surface area contributed by atoms with Crippen LogP contribution in [0.15, 0.2) is 65.6 Å². The van der Waals surface area contributed by atoms with Gasteiger partial charge in [0.05, 0.1) is 5.69 Å². The monoisotopic (exact) mass is 390 g/mol. The molecule has 0 saturated heterocycles. The quantitative estimate of drug-likeness (QED) is 0.577. The van der Waals surface area contributed by atoms with E-state index in [1.54, 1.807) is 10.6 Å². The average Bonchev–Trinajstić information content (AvgIpc) is 3.16. The summed E-state index contributed by atoms with van der Waals surface area (Å²) in [6, 6.07) is 18.0. The summed E-state index contributed by atoms with van der Waals surface area (Å²) in [7, 11) is 0. The Bertz CT molecular complexity index is 1200. The molecule has 28 heavy (non-hydrogen) atoms. The first-order chi connectivity index (χ1) is 13.7. The Balaban J connectivity index is 1.54. The molecule has 0 bridgehead atoms. The molecule has 0 fully saturated rings. The molecule has 5 nitrogen and oxygen atoms in total. The van der Waals surface area contributed by atoms with Crippen LogP contribution in [0.5, 0.6) is 0 Å². The molecule has 0 atom stereocenters. The first-order valence-corrected chi connectivity index (χ1v) is 9.70. The lowest BCUT2D eigenvalue weighted by Crippen LogP contribution is -2.33. The second kappa shape index (κ2) is 6.93. The molecule has 5 rings (SSSR count). The van der Waals surface area contributed by atoms with Crippen LogP contribution in [-0.4, -0.2) is 25.8 Å². The Morgan fingerprint density at radius 2 is 1.86 bits per heavy atom. The van der Waals surface area contributed by atoms with Gasteiger partial charge in [-0.3, -0.25) is 9.30 Å². The van der Waals surface area contributed by atoms with Crippen LogP contribution in [0.3, 0.4) is 0 Å². The third kappa shape index (κ3) is 3.13. The molecule has 4 aromatic rings. The highest BCUT2D eigenvalue weighted by atomic mass is 35.5. The molecule has 0 saturated carbocycles. The highest BCUT2D eigenvalue weighted by molar-refractivity contribution is 6.30. The molecule has 1 N–H and O–H groups in total. The van der Waals surface area contributed by atoms with E-state index in [0.717, 1.165) is 54.2 Å². The second-order valence-corrected chi connectivity index (χ2v) is 7.60. The largest absolute Gasteiger partial charge is 0.331 e. The molecule has 0 radical (unpaired) electrons. The summed E-state index contributed by atoms with van der Waals surface area (Å²) in [5, 5.41) is 0.680. The number of rotatable bonds is 3. The second-order valence-electron chi connectivity index (χ2n) is 7.16. The molecule has 1 aliphatic heterocycles. The number of fused-ring (bicyclic) bond motifs is 3. The van der Waals surface area contributed by atoms with Crippen molar-refractivity contribution in [2.45, 2.75) is 19.5 Å². The maximum absolute atomic E-state index is 12.6. The molecule has 2 aromatic carbocycles. The van der Waals surface area contributed by atoms with Crippen LogP contribution in [0.2, 0.25) is 5.02 Å². The van der Waals surface area contributed by atoms with Crippen molar-refractivity contribution < 1.29 is 0 Å². The average molecular weight is 391 g/mol. The Kier molecular flexibility index (Phi) is 4.26. The van der Waals surface area contributed by atoms with Gasteiger partial charge in [0.1, 0.15) is 5.65 Å². The molecule has 6 heteroatoms. The summed E-state index contributed by atoms with van der Waals surface area (Å²) in [6.07, 6.45) is 2.62. The molecule has 1 aliphatic rings. The van der Waals surface area contributed by atoms with Gasteiger partial charge in [-0.25, -0.2) is 9.78 Å². The van der Waals surface area contributed by atoms with Crippen molar-refractivity contribution in [3.05, 3.63) is 93.1 Å². The predicted molar refractivity (Wildman–Crippen MR) is 111 cm³/mol. The van der Waals surface area contributed by atoms with Crippen LogP contribution >= 0.6 is 11.6 Å². The Morgan fingerprint density at radius 3 is 2.64 bits per heavy atom. The number of halogens is 1. The first kappa shape index (κ1) is 17.2. The van der Waals surface area contributed by atoms with Gasteiger partial charge < -0.3 is 4.98 Å². The molecule has 140 valence electrons. The number of nitrogens with one attached hydrogen (secondary N) is 1. The minimum atomic E-state index is -0.141. The van der Waals surface area contributed by atoms with E-state index in [-0.39, 0.29) is 5.69 Å². The van der Waals surface area contributed by atoms with Gasteiger partial charge in [0.25, 0.3) is 0 Å². The molecule has 0 spiro atoms. The summed E-state index contributed by atoms with van der Waals surface area (Å²) >= 11 is 5.99. The zero-order chi connectivity index (χ0) is 19.1. The van der Waals surface area contributed by atoms with Gasteiger partial charge in [-0.15, -0.1) is 0 Å². The van der Waals surface area contributed by atoms with E-state index >= 15 is 0 Å². The number of H-pyrrole nitrogens is 1. The molecular formula is C22H19ClN4O. The maximum Gasteiger partial charge on any atom is 0.331 e. The molecule has 0 amide bonds. The van der Waals surface area contributed by atoms with Crippen molar-refractivity contribution in [3.8, 4) is 11.3 Å². The summed E-state index contributed by atoms with van der Waals surface area (Å²) in [5.41, 5.74) is 5.70. The Morgan fingerprint density at radius 1 is 1.07 bits per heavy atom. The zero-order valence-electron chi connectivity index (χ0n) is 15.2. The van der Waals surface area contributed by atoms with E-state index in [4.69, 9.17) is 16.6 Å². The number of hydrogen-bond acceptors (Lipinski definition) is 3. The standard InChI is InChI=1S/C22H19ClN4O/c23-17-8-6-16(7-9-17)20-14-27-21(24-20)18-13-26(11-10-19(18)25-22(27)28)12-15-4-2-1-3-5-15/h1-9,14H,10-13H2,(H,25,28). The van der Waals surface area contributed by atoms with Crippen molar-refractivity contribution in [2.75, 3.05) is 6.54 Å². The van der Waals surface area contributed by atoms with Crippen molar-refractivity contribution in [1.29, 1.82) is 0 Å². The first-order valence-electron chi connectivity index (χ1n) is 9.33. The fourth-order valence-electron chi connectivity index (χ4n) is 3.84. The third-order valence-corrected chi connectivity index (χ3v) is 5.52. The van der Waals surface area contributed by atoms with Crippen LogP contribution < -0.4 is 5.69 Å². The Labute approximate surface area is 167 Å². The molecule has 0 aliphatic carbocycles. The number of benzene rings is 2. The van der Waals surface area contributed by atoms with Crippen LogP contribution in [0, 0.1) is 0 Å². The highest BCUT2D eigenvalue weighted by Crippen LogP contribution is 2.25. The molecule has 3 heterocycles. The van der Waals surface area contributed by atoms with E-state index in [0.29, 0.717) is 5.02 Å². The number of aromatic amines is 1. The van der Waals surface area contributed by atoms with E-state index in [1.165, 1.54) is 5.56 Å². The number of hydrogen-bond donors (Lipinski definition) is 1. The van der Waals surface area contributed by atoms with Crippen molar-refractivity contribution in [3.63, 3.8) is 0 Å².